The summed E-state index contributed by atoms with van der Waals surface area (Å²) in [5.41, 5.74) is 2.20. The summed E-state index contributed by atoms with van der Waals surface area (Å²) in [6, 6.07) is 8.72. The summed E-state index contributed by atoms with van der Waals surface area (Å²) in [5, 5.41) is 13.8. The molecule has 8 heteroatoms. The maximum Gasteiger partial charge on any atom is 0.269 e. The quantitative estimate of drug-likeness (QED) is 0.672. The zero-order valence-electron chi connectivity index (χ0n) is 15.4. The fourth-order valence-corrected chi connectivity index (χ4v) is 3.20. The Hall–Kier alpha value is -3.00. The average Bonchev–Trinajstić information content (AvgIpc) is 3.43. The summed E-state index contributed by atoms with van der Waals surface area (Å²) in [6.45, 7) is 1.76. The maximum atomic E-state index is 13.0. The van der Waals surface area contributed by atoms with Crippen LogP contribution in [0.15, 0.2) is 42.7 Å². The molecule has 29 heavy (non-hydrogen) atoms. The predicted molar refractivity (Wildman–Crippen MR) is 102 cm³/mol. The van der Waals surface area contributed by atoms with Gasteiger partial charge in [0.05, 0.1) is 11.6 Å². The standard InChI is InChI=1S/C21H18F3N3O2/c1-10-4-17(19(28)20(23)24)25-9-15(10)12-3-2-11-6-18(26-8-13(11)5-12)27-21(29)14-7-16(14)22/h2-6,8-9,14,16,19-20,28H,7H2,1H3,(H,26,27,29). The van der Waals surface area contributed by atoms with E-state index in [1.54, 1.807) is 19.2 Å². The molecule has 2 N–H and O–H groups in total. The van der Waals surface area contributed by atoms with E-state index >= 15 is 0 Å². The highest BCUT2D eigenvalue weighted by Crippen LogP contribution is 2.35. The second kappa shape index (κ2) is 7.44. The van der Waals surface area contributed by atoms with Crippen molar-refractivity contribution in [2.75, 3.05) is 5.32 Å². The summed E-state index contributed by atoms with van der Waals surface area (Å²) in [5.74, 6) is -0.594. The predicted octanol–water partition coefficient (Wildman–Crippen LogP) is 4.20. The molecule has 1 aliphatic carbocycles. The first-order valence-corrected chi connectivity index (χ1v) is 9.11. The van der Waals surface area contributed by atoms with E-state index in [-0.39, 0.29) is 18.0 Å². The summed E-state index contributed by atoms with van der Waals surface area (Å²) >= 11 is 0. The van der Waals surface area contributed by atoms with Crippen LogP contribution in [0.2, 0.25) is 0 Å². The van der Waals surface area contributed by atoms with Gasteiger partial charge >= 0.3 is 0 Å². The average molecular weight is 401 g/mol. The van der Waals surface area contributed by atoms with Crippen LogP contribution in [-0.4, -0.2) is 33.6 Å². The van der Waals surface area contributed by atoms with Crippen molar-refractivity contribution < 1.29 is 23.1 Å². The largest absolute Gasteiger partial charge is 0.381 e. The molecule has 3 atom stereocenters. The number of hydrogen-bond donors (Lipinski definition) is 2. The second-order valence-electron chi connectivity index (χ2n) is 7.18. The second-order valence-corrected chi connectivity index (χ2v) is 7.18. The number of alkyl halides is 3. The summed E-state index contributed by atoms with van der Waals surface area (Å²) < 4.78 is 38.4. The smallest absolute Gasteiger partial charge is 0.269 e. The number of carbonyl (C=O) groups excluding carboxylic acids is 1. The fourth-order valence-electron chi connectivity index (χ4n) is 3.20. The van der Waals surface area contributed by atoms with Gasteiger partial charge in [0.1, 0.15) is 12.0 Å². The lowest BCUT2D eigenvalue weighted by molar-refractivity contribution is -0.117. The van der Waals surface area contributed by atoms with Crippen molar-refractivity contribution in [3.63, 3.8) is 0 Å². The van der Waals surface area contributed by atoms with Gasteiger partial charge < -0.3 is 10.4 Å². The number of benzene rings is 1. The number of amides is 1. The SMILES string of the molecule is Cc1cc(C(O)C(F)F)ncc1-c1ccc2cc(NC(=O)C3CC3F)ncc2c1. The number of aliphatic hydroxyl groups excluding tert-OH is 1. The van der Waals surface area contributed by atoms with Crippen LogP contribution in [0.1, 0.15) is 23.8 Å². The van der Waals surface area contributed by atoms with E-state index in [1.807, 2.05) is 18.2 Å². The van der Waals surface area contributed by atoms with Gasteiger partial charge in [-0.1, -0.05) is 12.1 Å². The van der Waals surface area contributed by atoms with Gasteiger partial charge in [-0.2, -0.15) is 0 Å². The molecule has 150 valence electrons. The molecule has 0 aliphatic heterocycles. The van der Waals surface area contributed by atoms with Crippen molar-refractivity contribution >= 4 is 22.5 Å². The zero-order chi connectivity index (χ0) is 20.7. The molecule has 1 aromatic carbocycles. The molecule has 3 aromatic rings. The van der Waals surface area contributed by atoms with E-state index in [1.165, 1.54) is 12.3 Å². The number of halogens is 3. The number of carbonyl (C=O) groups is 1. The van der Waals surface area contributed by atoms with E-state index in [2.05, 4.69) is 15.3 Å². The van der Waals surface area contributed by atoms with Crippen molar-refractivity contribution in [1.82, 2.24) is 9.97 Å². The Morgan fingerprint density at radius 2 is 1.93 bits per heavy atom. The minimum absolute atomic E-state index is 0.0738. The van der Waals surface area contributed by atoms with Crippen molar-refractivity contribution in [2.45, 2.75) is 32.0 Å². The zero-order valence-corrected chi connectivity index (χ0v) is 15.4. The molecule has 0 saturated heterocycles. The first-order chi connectivity index (χ1) is 13.8. The maximum absolute atomic E-state index is 13.0. The van der Waals surface area contributed by atoms with E-state index in [0.29, 0.717) is 11.4 Å². The third kappa shape index (κ3) is 3.93. The van der Waals surface area contributed by atoms with Gasteiger partial charge in [0.2, 0.25) is 5.91 Å². The molecule has 5 nitrogen and oxygen atoms in total. The third-order valence-corrected chi connectivity index (χ3v) is 5.01. The van der Waals surface area contributed by atoms with E-state index in [4.69, 9.17) is 0 Å². The summed E-state index contributed by atoms with van der Waals surface area (Å²) in [7, 11) is 0. The Balaban J connectivity index is 1.59. The molecular weight excluding hydrogens is 383 g/mol. The number of hydrogen-bond acceptors (Lipinski definition) is 4. The van der Waals surface area contributed by atoms with Crippen molar-refractivity contribution in [3.05, 3.63) is 54.0 Å². The highest BCUT2D eigenvalue weighted by molar-refractivity contribution is 5.96. The lowest BCUT2D eigenvalue weighted by atomic mass is 9.99. The molecule has 1 amide bonds. The van der Waals surface area contributed by atoms with Crippen LogP contribution in [-0.2, 0) is 4.79 Å². The normalized spacial score (nSPS) is 19.4. The Morgan fingerprint density at radius 3 is 2.59 bits per heavy atom. The number of anilines is 1. The van der Waals surface area contributed by atoms with Gasteiger partial charge in [-0.05, 0) is 48.1 Å². The lowest BCUT2D eigenvalue weighted by Crippen LogP contribution is -2.15. The third-order valence-electron chi connectivity index (χ3n) is 5.01. The summed E-state index contributed by atoms with van der Waals surface area (Å²) in [4.78, 5) is 20.0. The van der Waals surface area contributed by atoms with Crippen LogP contribution >= 0.6 is 0 Å². The van der Waals surface area contributed by atoms with Gasteiger partial charge in [0, 0.05) is 23.3 Å². The molecule has 1 saturated carbocycles. The number of nitrogens with one attached hydrogen (secondary N) is 1. The molecule has 0 spiro atoms. The Kier molecular flexibility index (Phi) is 4.96. The first-order valence-electron chi connectivity index (χ1n) is 9.11. The highest BCUT2D eigenvalue weighted by atomic mass is 19.3. The van der Waals surface area contributed by atoms with Crippen LogP contribution in [0.5, 0.6) is 0 Å². The van der Waals surface area contributed by atoms with E-state index in [9.17, 15) is 23.1 Å². The van der Waals surface area contributed by atoms with Gasteiger partial charge in [-0.25, -0.2) is 18.2 Å². The van der Waals surface area contributed by atoms with Crippen molar-refractivity contribution in [3.8, 4) is 11.1 Å². The molecule has 4 rings (SSSR count). The molecule has 2 aromatic heterocycles. The van der Waals surface area contributed by atoms with Gasteiger partial charge in [0.15, 0.2) is 6.10 Å². The van der Waals surface area contributed by atoms with E-state index < -0.39 is 24.6 Å². The Morgan fingerprint density at radius 1 is 1.17 bits per heavy atom. The van der Waals surface area contributed by atoms with Crippen molar-refractivity contribution in [1.29, 1.82) is 0 Å². The molecule has 2 heterocycles. The first kappa shape index (κ1) is 19.3. The minimum Gasteiger partial charge on any atom is -0.381 e. The van der Waals surface area contributed by atoms with Crippen LogP contribution < -0.4 is 5.32 Å². The van der Waals surface area contributed by atoms with Crippen molar-refractivity contribution in [2.24, 2.45) is 5.92 Å². The minimum atomic E-state index is -2.90. The lowest BCUT2D eigenvalue weighted by Gasteiger charge is -2.13. The van der Waals surface area contributed by atoms with Crippen LogP contribution in [0.25, 0.3) is 21.9 Å². The molecular formula is C21H18F3N3O2. The molecule has 0 radical (unpaired) electrons. The molecule has 1 aliphatic rings. The van der Waals surface area contributed by atoms with Crippen LogP contribution in [0, 0.1) is 12.8 Å². The highest BCUT2D eigenvalue weighted by Gasteiger charge is 2.43. The van der Waals surface area contributed by atoms with Crippen LogP contribution in [0.4, 0.5) is 19.0 Å². The number of aromatic nitrogens is 2. The number of rotatable bonds is 5. The number of pyridine rings is 2. The molecule has 1 fully saturated rings. The molecule has 0 bridgehead atoms. The number of aryl methyl sites for hydroxylation is 1. The summed E-state index contributed by atoms with van der Waals surface area (Å²) in [6.07, 6.45) is -2.56. The number of fused-ring (bicyclic) bond motifs is 1. The fraction of sp³-hybridized carbons (Fsp3) is 0.286. The van der Waals surface area contributed by atoms with Gasteiger partial charge in [0.25, 0.3) is 6.43 Å². The number of aliphatic hydroxyl groups is 1. The topological polar surface area (TPSA) is 75.1 Å². The van der Waals surface area contributed by atoms with E-state index in [0.717, 1.165) is 21.9 Å². The van der Waals surface area contributed by atoms with Gasteiger partial charge in [-0.15, -0.1) is 0 Å². The Bertz CT molecular complexity index is 1090. The molecule has 3 unspecified atom stereocenters. The Labute approximate surface area is 164 Å². The number of nitrogens with zero attached hydrogens (tertiary/aromatic N) is 2. The monoisotopic (exact) mass is 401 g/mol. The van der Waals surface area contributed by atoms with Crippen LogP contribution in [0.3, 0.4) is 0 Å². The van der Waals surface area contributed by atoms with Gasteiger partial charge in [-0.3, -0.25) is 9.78 Å².